The third-order valence-electron chi connectivity index (χ3n) is 4.75. The molecule has 1 amide bonds. The minimum atomic E-state index is 0.147. The van der Waals surface area contributed by atoms with Crippen LogP contribution in [-0.2, 0) is 0 Å². The zero-order valence-electron chi connectivity index (χ0n) is 12.5. The molecule has 3 rings (SSSR count). The van der Waals surface area contributed by atoms with Gasteiger partial charge in [-0.15, -0.1) is 0 Å². The molecule has 5 nitrogen and oxygen atoms in total. The molecular weight excluding hydrogens is 252 g/mol. The number of carbonyl (C=O) groups is 1. The first-order chi connectivity index (χ1) is 9.66. The first kappa shape index (κ1) is 13.6. The average molecular weight is 276 g/mol. The van der Waals surface area contributed by atoms with Gasteiger partial charge in [-0.05, 0) is 52.6 Å². The molecule has 0 aromatic carbocycles. The Labute approximate surface area is 120 Å². The number of aryl methyl sites for hydroxylation is 2. The van der Waals surface area contributed by atoms with E-state index in [9.17, 15) is 4.79 Å². The fraction of sp³-hybridized carbons (Fsp3) is 0.733. The summed E-state index contributed by atoms with van der Waals surface area (Å²) in [6.45, 7) is 8.07. The second-order valence-corrected chi connectivity index (χ2v) is 6.08. The average Bonchev–Trinajstić information content (AvgIpc) is 3.09. The van der Waals surface area contributed by atoms with Crippen LogP contribution in [-0.4, -0.2) is 58.1 Å². The van der Waals surface area contributed by atoms with Crippen molar-refractivity contribution < 1.29 is 4.79 Å². The number of hydrogen-bond donors (Lipinski definition) is 1. The molecule has 2 fully saturated rings. The van der Waals surface area contributed by atoms with Crippen LogP contribution < -0.4 is 0 Å². The quantitative estimate of drug-likeness (QED) is 0.895. The number of likely N-dealkylation sites (tertiary alicyclic amines) is 2. The molecule has 0 atom stereocenters. The molecule has 1 aromatic rings. The second kappa shape index (κ2) is 5.56. The molecule has 20 heavy (non-hydrogen) atoms. The zero-order valence-corrected chi connectivity index (χ0v) is 12.5. The molecule has 3 heterocycles. The van der Waals surface area contributed by atoms with Crippen molar-refractivity contribution in [3.05, 3.63) is 17.0 Å². The number of nitrogens with one attached hydrogen (secondary N) is 1. The number of carbonyl (C=O) groups excluding carboxylic acids is 1. The van der Waals surface area contributed by atoms with E-state index in [1.807, 2.05) is 18.7 Å². The van der Waals surface area contributed by atoms with Gasteiger partial charge in [0, 0.05) is 24.8 Å². The smallest absolute Gasteiger partial charge is 0.257 e. The highest BCUT2D eigenvalue weighted by molar-refractivity contribution is 5.96. The summed E-state index contributed by atoms with van der Waals surface area (Å²) in [5, 5.41) is 7.03. The van der Waals surface area contributed by atoms with Crippen LogP contribution in [0.2, 0.25) is 0 Å². The number of H-pyrrole nitrogens is 1. The van der Waals surface area contributed by atoms with Gasteiger partial charge in [0.2, 0.25) is 0 Å². The lowest BCUT2D eigenvalue weighted by molar-refractivity contribution is 0.0643. The normalized spacial score (nSPS) is 21.6. The Morgan fingerprint density at radius 3 is 2.35 bits per heavy atom. The Morgan fingerprint density at radius 1 is 1.15 bits per heavy atom. The van der Waals surface area contributed by atoms with Crippen LogP contribution in [0.1, 0.15) is 47.4 Å². The number of piperidine rings is 1. The lowest BCUT2D eigenvalue weighted by Crippen LogP contribution is -2.46. The van der Waals surface area contributed by atoms with Gasteiger partial charge < -0.3 is 9.80 Å². The summed E-state index contributed by atoms with van der Waals surface area (Å²) in [7, 11) is 0. The van der Waals surface area contributed by atoms with E-state index in [1.54, 1.807) is 0 Å². The van der Waals surface area contributed by atoms with Gasteiger partial charge in [0.05, 0.1) is 11.3 Å². The maximum Gasteiger partial charge on any atom is 0.257 e. The molecule has 2 saturated heterocycles. The number of amides is 1. The number of nitrogens with zero attached hydrogens (tertiary/aromatic N) is 3. The van der Waals surface area contributed by atoms with Gasteiger partial charge in [-0.1, -0.05) is 0 Å². The summed E-state index contributed by atoms with van der Waals surface area (Å²) in [5.41, 5.74) is 2.47. The van der Waals surface area contributed by atoms with Gasteiger partial charge in [-0.25, -0.2) is 0 Å². The molecule has 2 aliphatic heterocycles. The fourth-order valence-electron chi connectivity index (χ4n) is 3.56. The lowest BCUT2D eigenvalue weighted by Gasteiger charge is -2.36. The van der Waals surface area contributed by atoms with Crippen molar-refractivity contribution in [3.8, 4) is 0 Å². The Morgan fingerprint density at radius 2 is 1.80 bits per heavy atom. The van der Waals surface area contributed by atoms with E-state index in [2.05, 4.69) is 15.1 Å². The minimum Gasteiger partial charge on any atom is -0.338 e. The fourth-order valence-corrected chi connectivity index (χ4v) is 3.56. The molecule has 2 aliphatic rings. The zero-order chi connectivity index (χ0) is 14.1. The van der Waals surface area contributed by atoms with Crippen LogP contribution in [0.4, 0.5) is 0 Å². The van der Waals surface area contributed by atoms with Crippen molar-refractivity contribution in [1.82, 2.24) is 20.0 Å². The Balaban J connectivity index is 1.62. The van der Waals surface area contributed by atoms with Gasteiger partial charge in [0.25, 0.3) is 5.91 Å². The summed E-state index contributed by atoms with van der Waals surface area (Å²) in [4.78, 5) is 17.2. The van der Waals surface area contributed by atoms with Crippen molar-refractivity contribution in [2.75, 3.05) is 26.2 Å². The van der Waals surface area contributed by atoms with Crippen LogP contribution in [0.3, 0.4) is 0 Å². The molecular formula is C15H24N4O. The first-order valence-corrected chi connectivity index (χ1v) is 7.71. The van der Waals surface area contributed by atoms with E-state index in [4.69, 9.17) is 0 Å². The summed E-state index contributed by atoms with van der Waals surface area (Å²) in [6, 6.07) is 0.688. The van der Waals surface area contributed by atoms with Crippen LogP contribution in [0.15, 0.2) is 0 Å². The second-order valence-electron chi connectivity index (χ2n) is 6.08. The number of aromatic amines is 1. The van der Waals surface area contributed by atoms with E-state index in [-0.39, 0.29) is 5.91 Å². The van der Waals surface area contributed by atoms with E-state index >= 15 is 0 Å². The predicted molar refractivity (Wildman–Crippen MR) is 77.8 cm³/mol. The first-order valence-electron chi connectivity index (χ1n) is 7.71. The largest absolute Gasteiger partial charge is 0.338 e. The topological polar surface area (TPSA) is 52.2 Å². The number of hydrogen-bond acceptors (Lipinski definition) is 3. The summed E-state index contributed by atoms with van der Waals surface area (Å²) in [5.74, 6) is 0.147. The summed E-state index contributed by atoms with van der Waals surface area (Å²) in [6.07, 6.45) is 4.91. The van der Waals surface area contributed by atoms with Crippen LogP contribution in [0, 0.1) is 13.8 Å². The molecule has 0 bridgehead atoms. The Kier molecular flexibility index (Phi) is 3.78. The van der Waals surface area contributed by atoms with Crippen molar-refractivity contribution in [1.29, 1.82) is 0 Å². The highest BCUT2D eigenvalue weighted by Crippen LogP contribution is 2.23. The molecule has 110 valence electrons. The van der Waals surface area contributed by atoms with Gasteiger partial charge in [0.1, 0.15) is 0 Å². The highest BCUT2D eigenvalue weighted by Gasteiger charge is 2.30. The van der Waals surface area contributed by atoms with Gasteiger partial charge >= 0.3 is 0 Å². The molecule has 5 heteroatoms. The van der Waals surface area contributed by atoms with E-state index in [0.717, 1.165) is 42.9 Å². The van der Waals surface area contributed by atoms with E-state index < -0.39 is 0 Å². The maximum absolute atomic E-state index is 12.6. The van der Waals surface area contributed by atoms with Gasteiger partial charge in [-0.2, -0.15) is 5.10 Å². The van der Waals surface area contributed by atoms with Crippen molar-refractivity contribution >= 4 is 5.91 Å². The Bertz CT molecular complexity index is 463. The molecule has 0 saturated carbocycles. The highest BCUT2D eigenvalue weighted by atomic mass is 16.2. The number of rotatable bonds is 2. The van der Waals surface area contributed by atoms with Crippen molar-refractivity contribution in [3.63, 3.8) is 0 Å². The summed E-state index contributed by atoms with van der Waals surface area (Å²) >= 11 is 0. The molecule has 1 N–H and O–H groups in total. The summed E-state index contributed by atoms with van der Waals surface area (Å²) < 4.78 is 0. The molecule has 0 unspecified atom stereocenters. The van der Waals surface area contributed by atoms with Crippen LogP contribution in [0.25, 0.3) is 0 Å². The molecule has 0 radical (unpaired) electrons. The van der Waals surface area contributed by atoms with E-state index in [0.29, 0.717) is 6.04 Å². The van der Waals surface area contributed by atoms with Gasteiger partial charge in [0.15, 0.2) is 0 Å². The van der Waals surface area contributed by atoms with Crippen LogP contribution in [0.5, 0.6) is 0 Å². The third-order valence-corrected chi connectivity index (χ3v) is 4.75. The van der Waals surface area contributed by atoms with Crippen molar-refractivity contribution in [2.24, 2.45) is 0 Å². The van der Waals surface area contributed by atoms with E-state index in [1.165, 1.54) is 25.9 Å². The lowest BCUT2D eigenvalue weighted by atomic mass is 10.0. The molecule has 0 spiro atoms. The number of aromatic nitrogens is 2. The predicted octanol–water partition coefficient (Wildman–Crippen LogP) is 1.73. The SMILES string of the molecule is Cc1n[nH]c(C)c1C(=O)N1CCC(N2CCCC2)CC1. The van der Waals surface area contributed by atoms with Crippen LogP contribution >= 0.6 is 0 Å². The minimum absolute atomic E-state index is 0.147. The van der Waals surface area contributed by atoms with Crippen molar-refractivity contribution in [2.45, 2.75) is 45.6 Å². The maximum atomic E-state index is 12.6. The monoisotopic (exact) mass is 276 g/mol. The molecule has 0 aliphatic carbocycles. The van der Waals surface area contributed by atoms with Gasteiger partial charge in [-0.3, -0.25) is 9.89 Å². The third kappa shape index (κ3) is 2.46. The standard InChI is InChI=1S/C15H24N4O/c1-11-14(12(2)17-16-11)15(20)19-9-5-13(6-10-19)18-7-3-4-8-18/h13H,3-10H2,1-2H3,(H,16,17). The Hall–Kier alpha value is -1.36. The molecule has 1 aromatic heterocycles.